The highest BCUT2D eigenvalue weighted by atomic mass is 32.2. The molecule has 1 aromatic rings. The summed E-state index contributed by atoms with van der Waals surface area (Å²) in [6.07, 6.45) is 3.29. The molecule has 0 bridgehead atoms. The van der Waals surface area contributed by atoms with Gasteiger partial charge in [0.2, 0.25) is 0 Å². The summed E-state index contributed by atoms with van der Waals surface area (Å²) in [5, 5.41) is 0.142. The van der Waals surface area contributed by atoms with Crippen molar-refractivity contribution < 1.29 is 4.21 Å². The van der Waals surface area contributed by atoms with Crippen LogP contribution in [0.4, 0.5) is 0 Å². The molecule has 3 atom stereocenters. The highest BCUT2D eigenvalue weighted by Crippen LogP contribution is 2.37. The van der Waals surface area contributed by atoms with E-state index in [1.165, 1.54) is 11.1 Å². The highest BCUT2D eigenvalue weighted by Gasteiger charge is 2.39. The molecular formula is C16H25NOS. The van der Waals surface area contributed by atoms with Gasteiger partial charge in [-0.25, -0.2) is 0 Å². The van der Waals surface area contributed by atoms with E-state index in [4.69, 9.17) is 5.73 Å². The molecule has 2 N–H and O–H groups in total. The van der Waals surface area contributed by atoms with Gasteiger partial charge >= 0.3 is 0 Å². The van der Waals surface area contributed by atoms with Crippen LogP contribution in [0.5, 0.6) is 0 Å². The van der Waals surface area contributed by atoms with E-state index in [2.05, 4.69) is 32.9 Å². The molecule has 0 heterocycles. The van der Waals surface area contributed by atoms with E-state index >= 15 is 0 Å². The number of aryl methyl sites for hydroxylation is 1. The van der Waals surface area contributed by atoms with E-state index in [9.17, 15) is 4.21 Å². The smallest absolute Gasteiger partial charge is 0.0507 e. The average molecular weight is 279 g/mol. The Labute approximate surface area is 119 Å². The average Bonchev–Trinajstić information content (AvgIpc) is 2.35. The number of hydrogen-bond donors (Lipinski definition) is 1. The first-order valence-electron chi connectivity index (χ1n) is 7.09. The van der Waals surface area contributed by atoms with Crippen LogP contribution in [0.1, 0.15) is 44.2 Å². The molecule has 1 fully saturated rings. The van der Waals surface area contributed by atoms with E-state index in [-0.39, 0.29) is 16.7 Å². The fourth-order valence-electron chi connectivity index (χ4n) is 2.94. The van der Waals surface area contributed by atoms with Crippen LogP contribution in [-0.2, 0) is 16.6 Å². The van der Waals surface area contributed by atoms with Gasteiger partial charge in [-0.2, -0.15) is 0 Å². The molecule has 3 unspecified atom stereocenters. The van der Waals surface area contributed by atoms with E-state index < -0.39 is 10.8 Å². The molecule has 0 saturated heterocycles. The predicted octanol–water partition coefficient (Wildman–Crippen LogP) is 3.15. The van der Waals surface area contributed by atoms with Crippen molar-refractivity contribution in [3.8, 4) is 0 Å². The third kappa shape index (κ3) is 3.26. The lowest BCUT2D eigenvalue weighted by molar-refractivity contribution is 0.206. The summed E-state index contributed by atoms with van der Waals surface area (Å²) in [6, 6.07) is 8.25. The number of rotatable bonds is 3. The van der Waals surface area contributed by atoms with E-state index in [1.807, 2.05) is 12.1 Å². The molecule has 3 heteroatoms. The fourth-order valence-corrected chi connectivity index (χ4v) is 4.91. The zero-order chi connectivity index (χ0) is 14.0. The Hall–Kier alpha value is -0.670. The molecule has 0 aromatic heterocycles. The fraction of sp³-hybridized carbons (Fsp3) is 0.625. The number of nitrogens with two attached hydrogens (primary N) is 1. The van der Waals surface area contributed by atoms with Crippen molar-refractivity contribution in [1.82, 2.24) is 0 Å². The van der Waals surface area contributed by atoms with Crippen molar-refractivity contribution >= 4 is 10.8 Å². The van der Waals surface area contributed by atoms with Gasteiger partial charge in [0.25, 0.3) is 0 Å². The van der Waals surface area contributed by atoms with Crippen molar-refractivity contribution in [1.29, 1.82) is 0 Å². The first kappa shape index (κ1) is 14.7. The van der Waals surface area contributed by atoms with Gasteiger partial charge in [-0.05, 0) is 36.3 Å². The van der Waals surface area contributed by atoms with Crippen LogP contribution >= 0.6 is 0 Å². The van der Waals surface area contributed by atoms with Crippen molar-refractivity contribution in [3.63, 3.8) is 0 Å². The van der Waals surface area contributed by atoms with Crippen LogP contribution < -0.4 is 5.73 Å². The van der Waals surface area contributed by atoms with E-state index in [1.54, 1.807) is 0 Å². The minimum absolute atomic E-state index is 0.0473. The lowest BCUT2D eigenvalue weighted by atomic mass is 9.73. The van der Waals surface area contributed by atoms with Gasteiger partial charge in [-0.15, -0.1) is 0 Å². The highest BCUT2D eigenvalue weighted by molar-refractivity contribution is 7.84. The summed E-state index contributed by atoms with van der Waals surface area (Å²) >= 11 is 0. The molecule has 106 valence electrons. The minimum atomic E-state index is -0.869. The second kappa shape index (κ2) is 5.76. The standard InChI is InChI=1S/C16H25NOS/c1-12-7-4-5-8-13(12)11-19(18)14-9-6-10-16(2,3)15(14)17/h4-5,7-8,14-15H,6,9-11,17H2,1-3H3. The maximum absolute atomic E-state index is 12.6. The van der Waals surface area contributed by atoms with Gasteiger partial charge in [0.15, 0.2) is 0 Å². The Morgan fingerprint density at radius 2 is 2.05 bits per heavy atom. The Bertz CT molecular complexity index is 470. The zero-order valence-corrected chi connectivity index (χ0v) is 13.0. The zero-order valence-electron chi connectivity index (χ0n) is 12.2. The summed E-state index contributed by atoms with van der Waals surface area (Å²) in [5.74, 6) is 0.640. The number of hydrogen-bond acceptors (Lipinski definition) is 2. The molecule has 1 saturated carbocycles. The second-order valence-electron chi connectivity index (χ2n) is 6.40. The van der Waals surface area contributed by atoms with Gasteiger partial charge < -0.3 is 5.73 Å². The SMILES string of the molecule is Cc1ccccc1CS(=O)C1CCCC(C)(C)C1N. The first-order chi connectivity index (χ1) is 8.92. The Kier molecular flexibility index (Phi) is 4.46. The van der Waals surface area contributed by atoms with Crippen LogP contribution in [0.25, 0.3) is 0 Å². The molecule has 2 nitrogen and oxygen atoms in total. The van der Waals surface area contributed by atoms with Gasteiger partial charge in [0, 0.05) is 22.6 Å². The quantitative estimate of drug-likeness (QED) is 0.923. The topological polar surface area (TPSA) is 43.1 Å². The van der Waals surface area contributed by atoms with Crippen molar-refractivity contribution in [3.05, 3.63) is 35.4 Å². The lowest BCUT2D eigenvalue weighted by Crippen LogP contribution is -2.51. The summed E-state index contributed by atoms with van der Waals surface area (Å²) in [4.78, 5) is 0. The Morgan fingerprint density at radius 1 is 1.37 bits per heavy atom. The van der Waals surface area contributed by atoms with Gasteiger partial charge in [-0.3, -0.25) is 4.21 Å². The van der Waals surface area contributed by atoms with Crippen LogP contribution in [0.2, 0.25) is 0 Å². The largest absolute Gasteiger partial charge is 0.326 e. The molecule has 0 aliphatic heterocycles. The van der Waals surface area contributed by atoms with Crippen LogP contribution in [-0.4, -0.2) is 15.5 Å². The monoisotopic (exact) mass is 279 g/mol. The third-order valence-corrected chi connectivity index (χ3v) is 6.31. The molecule has 1 aliphatic carbocycles. The van der Waals surface area contributed by atoms with Gasteiger partial charge in [-0.1, -0.05) is 44.5 Å². The van der Waals surface area contributed by atoms with Crippen LogP contribution in [0, 0.1) is 12.3 Å². The third-order valence-electron chi connectivity index (χ3n) is 4.51. The van der Waals surface area contributed by atoms with E-state index in [0.717, 1.165) is 19.3 Å². The first-order valence-corrected chi connectivity index (χ1v) is 8.47. The summed E-state index contributed by atoms with van der Waals surface area (Å²) in [5.41, 5.74) is 8.88. The van der Waals surface area contributed by atoms with Crippen LogP contribution in [0.3, 0.4) is 0 Å². The molecule has 1 aromatic carbocycles. The van der Waals surface area contributed by atoms with Crippen molar-refractivity contribution in [2.75, 3.05) is 0 Å². The van der Waals surface area contributed by atoms with Gasteiger partial charge in [0.05, 0.1) is 5.25 Å². The molecule has 2 rings (SSSR count). The summed E-state index contributed by atoms with van der Waals surface area (Å²) < 4.78 is 12.6. The second-order valence-corrected chi connectivity index (χ2v) is 8.05. The maximum Gasteiger partial charge on any atom is 0.0507 e. The predicted molar refractivity (Wildman–Crippen MR) is 82.4 cm³/mol. The molecular weight excluding hydrogens is 254 g/mol. The Balaban J connectivity index is 2.10. The number of benzene rings is 1. The molecule has 0 amide bonds. The van der Waals surface area contributed by atoms with Crippen molar-refractivity contribution in [2.45, 2.75) is 57.1 Å². The summed E-state index contributed by atoms with van der Waals surface area (Å²) in [6.45, 7) is 6.49. The lowest BCUT2D eigenvalue weighted by Gasteiger charge is -2.41. The summed E-state index contributed by atoms with van der Waals surface area (Å²) in [7, 11) is -0.869. The molecule has 0 radical (unpaired) electrons. The molecule has 0 spiro atoms. The normalized spacial score (nSPS) is 28.0. The van der Waals surface area contributed by atoms with E-state index in [0.29, 0.717) is 5.75 Å². The molecule has 1 aliphatic rings. The minimum Gasteiger partial charge on any atom is -0.326 e. The molecule has 19 heavy (non-hydrogen) atoms. The van der Waals surface area contributed by atoms with Crippen molar-refractivity contribution in [2.24, 2.45) is 11.1 Å². The maximum atomic E-state index is 12.6. The van der Waals surface area contributed by atoms with Crippen LogP contribution in [0.15, 0.2) is 24.3 Å². The Morgan fingerprint density at radius 3 is 2.74 bits per heavy atom. The van der Waals surface area contributed by atoms with Gasteiger partial charge in [0.1, 0.15) is 0 Å².